The van der Waals surface area contributed by atoms with Gasteiger partial charge in [-0.2, -0.15) is 0 Å². The zero-order valence-electron chi connectivity index (χ0n) is 19.2. The van der Waals surface area contributed by atoms with Crippen molar-refractivity contribution in [1.82, 2.24) is 20.2 Å². The first-order valence-electron chi connectivity index (χ1n) is 10.8. The molecule has 15 heteroatoms. The fourth-order valence-electron chi connectivity index (χ4n) is 4.00. The molecule has 2 aliphatic heterocycles. The summed E-state index contributed by atoms with van der Waals surface area (Å²) in [6.07, 6.45) is 6.48. The first kappa shape index (κ1) is 24.5. The van der Waals surface area contributed by atoms with Gasteiger partial charge in [0.15, 0.2) is 41.9 Å². The Morgan fingerprint density at radius 2 is 2.19 bits per heavy atom. The number of thioether (sulfide) groups is 1. The van der Waals surface area contributed by atoms with E-state index in [0.717, 1.165) is 21.8 Å². The lowest BCUT2D eigenvalue weighted by atomic mass is 10.0. The number of carboxylic acid groups (broad SMARTS) is 1. The van der Waals surface area contributed by atoms with Crippen LogP contribution in [-0.4, -0.2) is 62.6 Å². The number of hydrogen-bond acceptors (Lipinski definition) is 12. The molecule has 3 aromatic heterocycles. The summed E-state index contributed by atoms with van der Waals surface area (Å²) in [5.41, 5.74) is 6.83. The van der Waals surface area contributed by atoms with E-state index in [-0.39, 0.29) is 28.8 Å². The van der Waals surface area contributed by atoms with Crippen LogP contribution in [0.15, 0.2) is 63.3 Å². The Morgan fingerprint density at radius 3 is 2.81 bits per heavy atom. The van der Waals surface area contributed by atoms with Crippen LogP contribution in [0.25, 0.3) is 11.3 Å². The number of pyridine rings is 1. The number of aromatic nitrogens is 3. The first-order chi connectivity index (χ1) is 17.9. The zero-order chi connectivity index (χ0) is 26.1. The standard InChI is InChI=1S/C22H19N7O6S2/c1-34-27-15(13-9-37-22(23)25-13)18(30)26-16-19(31)29-17(21(32)33)12(8-36-20(16)29)7-28-4-2-11(3-5-28)14-6-24-10-35-14/h2-6,9-10,16,20H,7-8H2,1H3,(H3-,23,25,26,30,32,33). The molecule has 3 N–H and O–H groups in total. The Kier molecular flexibility index (Phi) is 6.62. The molecule has 3 aromatic rings. The van der Waals surface area contributed by atoms with Crippen molar-refractivity contribution in [2.24, 2.45) is 5.16 Å². The molecular formula is C22H19N7O6S2. The van der Waals surface area contributed by atoms with Gasteiger partial charge in [-0.1, -0.05) is 5.16 Å². The van der Waals surface area contributed by atoms with Crippen molar-refractivity contribution in [2.45, 2.75) is 18.0 Å². The highest BCUT2D eigenvalue weighted by Gasteiger charge is 2.53. The van der Waals surface area contributed by atoms with E-state index in [1.807, 2.05) is 12.1 Å². The van der Waals surface area contributed by atoms with Crippen LogP contribution in [0.4, 0.5) is 5.13 Å². The number of carboxylic acids is 1. The maximum atomic E-state index is 13.0. The molecule has 0 aromatic carbocycles. The number of fused-ring (bicyclic) bond motifs is 1. The minimum atomic E-state index is -1.46. The molecule has 2 aliphatic rings. The lowest BCUT2D eigenvalue weighted by Crippen LogP contribution is -2.71. The summed E-state index contributed by atoms with van der Waals surface area (Å²) < 4.78 is 7.07. The third-order valence-corrected chi connectivity index (χ3v) is 7.68. The van der Waals surface area contributed by atoms with Gasteiger partial charge in [-0.25, -0.2) is 14.5 Å². The summed E-state index contributed by atoms with van der Waals surface area (Å²) in [5.74, 6) is -1.80. The van der Waals surface area contributed by atoms with Gasteiger partial charge < -0.3 is 30.2 Å². The van der Waals surface area contributed by atoms with Crippen molar-refractivity contribution in [3.05, 3.63) is 59.5 Å². The van der Waals surface area contributed by atoms with Gasteiger partial charge in [0.25, 0.3) is 11.8 Å². The predicted molar refractivity (Wildman–Crippen MR) is 129 cm³/mol. The topological polar surface area (TPSA) is 180 Å². The fraction of sp³-hybridized carbons (Fsp3) is 0.227. The predicted octanol–water partition coefficient (Wildman–Crippen LogP) is -0.878. The number of β-lactam (4-membered cyclic amide) rings is 1. The molecule has 0 bridgehead atoms. The second-order valence-electron chi connectivity index (χ2n) is 7.92. The van der Waals surface area contributed by atoms with E-state index in [0.29, 0.717) is 17.1 Å². The molecule has 0 radical (unpaired) electrons. The van der Waals surface area contributed by atoms with Gasteiger partial charge in [0.2, 0.25) is 0 Å². The van der Waals surface area contributed by atoms with Crippen LogP contribution in [0.5, 0.6) is 0 Å². The van der Waals surface area contributed by atoms with Crippen molar-refractivity contribution in [3.63, 3.8) is 0 Å². The Hall–Kier alpha value is -4.24. The van der Waals surface area contributed by atoms with E-state index >= 15 is 0 Å². The first-order valence-corrected chi connectivity index (χ1v) is 12.7. The van der Waals surface area contributed by atoms with E-state index in [1.165, 1.54) is 30.6 Å². The second kappa shape index (κ2) is 10.0. The maximum absolute atomic E-state index is 13.0. The lowest BCUT2D eigenvalue weighted by molar-refractivity contribution is -0.689. The molecule has 37 heavy (non-hydrogen) atoms. The number of nitrogen functional groups attached to an aromatic ring is 1. The van der Waals surface area contributed by atoms with Crippen LogP contribution >= 0.6 is 23.1 Å². The molecule has 0 aliphatic carbocycles. The van der Waals surface area contributed by atoms with Gasteiger partial charge in [-0.05, 0) is 0 Å². The van der Waals surface area contributed by atoms with E-state index in [2.05, 4.69) is 20.4 Å². The van der Waals surface area contributed by atoms with Crippen molar-refractivity contribution >= 4 is 51.7 Å². The highest BCUT2D eigenvalue weighted by Crippen LogP contribution is 2.40. The van der Waals surface area contributed by atoms with Crippen LogP contribution in [0.2, 0.25) is 0 Å². The molecule has 2 amide bonds. The Morgan fingerprint density at radius 1 is 1.41 bits per heavy atom. The Bertz CT molecular complexity index is 1420. The molecular weight excluding hydrogens is 522 g/mol. The van der Waals surface area contributed by atoms with Crippen molar-refractivity contribution in [1.29, 1.82) is 0 Å². The summed E-state index contributed by atoms with van der Waals surface area (Å²) in [6, 6.07) is 2.67. The van der Waals surface area contributed by atoms with Crippen LogP contribution < -0.4 is 20.7 Å². The van der Waals surface area contributed by atoms with Gasteiger partial charge in [0, 0.05) is 34.4 Å². The molecule has 5 heterocycles. The molecule has 2 unspecified atom stereocenters. The smallest absolute Gasteiger partial charge is 0.276 e. The largest absolute Gasteiger partial charge is 0.543 e. The number of aliphatic carboxylic acids is 1. The number of nitrogens with zero attached hydrogens (tertiary/aromatic N) is 5. The summed E-state index contributed by atoms with van der Waals surface area (Å²) in [4.78, 5) is 51.7. The van der Waals surface area contributed by atoms with Crippen LogP contribution in [-0.2, 0) is 25.8 Å². The van der Waals surface area contributed by atoms with Crippen molar-refractivity contribution in [3.8, 4) is 11.3 Å². The number of hydrogen-bond donors (Lipinski definition) is 2. The van der Waals surface area contributed by atoms with Crippen molar-refractivity contribution < 1.29 is 33.3 Å². The van der Waals surface area contributed by atoms with E-state index in [1.54, 1.807) is 23.2 Å². The normalized spacial score (nSPS) is 19.3. The average molecular weight is 542 g/mol. The number of anilines is 1. The minimum absolute atomic E-state index is 0.149. The van der Waals surface area contributed by atoms with Gasteiger partial charge in [0.1, 0.15) is 24.2 Å². The molecule has 2 atom stereocenters. The van der Waals surface area contributed by atoms with E-state index in [9.17, 15) is 19.5 Å². The third kappa shape index (κ3) is 4.65. The molecule has 1 fully saturated rings. The highest BCUT2D eigenvalue weighted by atomic mass is 32.2. The number of oxazole rings is 1. The van der Waals surface area contributed by atoms with Crippen molar-refractivity contribution in [2.75, 3.05) is 18.6 Å². The number of amides is 2. The van der Waals surface area contributed by atoms with Gasteiger partial charge in [-0.15, -0.1) is 23.1 Å². The van der Waals surface area contributed by atoms with Crippen LogP contribution in [0.1, 0.15) is 5.69 Å². The van der Waals surface area contributed by atoms with Crippen LogP contribution in [0.3, 0.4) is 0 Å². The number of thiazole rings is 1. The van der Waals surface area contributed by atoms with E-state index in [4.69, 9.17) is 15.0 Å². The quantitative estimate of drug-likeness (QED) is 0.157. The molecule has 13 nitrogen and oxygen atoms in total. The summed E-state index contributed by atoms with van der Waals surface area (Å²) in [7, 11) is 1.27. The second-order valence-corrected chi connectivity index (χ2v) is 9.91. The minimum Gasteiger partial charge on any atom is -0.543 e. The lowest BCUT2D eigenvalue weighted by Gasteiger charge is -2.50. The summed E-state index contributed by atoms with van der Waals surface area (Å²) in [6.45, 7) is 0.233. The maximum Gasteiger partial charge on any atom is 0.276 e. The molecule has 5 rings (SSSR count). The van der Waals surface area contributed by atoms with Gasteiger partial charge in [-0.3, -0.25) is 14.5 Å². The average Bonchev–Trinajstić information content (AvgIpc) is 3.58. The Balaban J connectivity index is 1.32. The fourth-order valence-corrected chi connectivity index (χ4v) is 5.88. The number of oxime groups is 1. The molecule has 190 valence electrons. The SMILES string of the molecule is CON=C(C(=O)NC1C(=O)N2C(C(=O)[O-])=C(C[n+]3ccc(-c4cnco4)cc3)CSC12)c1csc(N)n1. The number of nitrogens with two attached hydrogens (primary N) is 1. The summed E-state index contributed by atoms with van der Waals surface area (Å²) >= 11 is 2.46. The molecule has 0 spiro atoms. The zero-order valence-corrected chi connectivity index (χ0v) is 20.8. The van der Waals surface area contributed by atoms with E-state index < -0.39 is 29.2 Å². The van der Waals surface area contributed by atoms with Crippen LogP contribution in [0, 0.1) is 0 Å². The number of nitrogens with one attached hydrogen (secondary N) is 1. The van der Waals surface area contributed by atoms with Gasteiger partial charge >= 0.3 is 0 Å². The number of rotatable bonds is 8. The molecule has 1 saturated heterocycles. The number of carbonyl (C=O) groups is 3. The third-order valence-electron chi connectivity index (χ3n) is 5.67. The molecule has 0 saturated carbocycles. The highest BCUT2D eigenvalue weighted by molar-refractivity contribution is 8.00. The Labute approximate surface area is 217 Å². The monoisotopic (exact) mass is 541 g/mol. The number of carbonyl (C=O) groups excluding carboxylic acids is 3. The summed E-state index contributed by atoms with van der Waals surface area (Å²) in [5, 5.41) is 19.5. The van der Waals surface area contributed by atoms with Gasteiger partial charge in [0.05, 0.1) is 17.9 Å².